The van der Waals surface area contributed by atoms with Gasteiger partial charge in [0.05, 0.1) is 19.4 Å². The van der Waals surface area contributed by atoms with E-state index in [1.165, 1.54) is 7.11 Å². The van der Waals surface area contributed by atoms with Crippen LogP contribution in [0.4, 0.5) is 4.79 Å². The van der Waals surface area contributed by atoms with Crippen molar-refractivity contribution >= 4 is 34.8 Å². The third kappa shape index (κ3) is 3.41. The molecule has 28 heavy (non-hydrogen) atoms. The number of ether oxygens (including phenoxy) is 2. The highest BCUT2D eigenvalue weighted by Crippen LogP contribution is 2.34. The number of aryl methyl sites for hydroxylation is 1. The number of aromatic nitrogens is 3. The van der Waals surface area contributed by atoms with E-state index >= 15 is 0 Å². The summed E-state index contributed by atoms with van der Waals surface area (Å²) in [5.74, 6) is 1.58. The molecule has 1 aromatic carbocycles. The quantitative estimate of drug-likeness (QED) is 0.601. The van der Waals surface area contributed by atoms with Gasteiger partial charge in [-0.2, -0.15) is 0 Å². The second-order valence-corrected chi connectivity index (χ2v) is 7.65. The highest BCUT2D eigenvalue weighted by atomic mass is 35.5. The van der Waals surface area contributed by atoms with Crippen molar-refractivity contribution in [2.24, 2.45) is 4.99 Å². The number of methoxy groups -OCH3 is 1. The summed E-state index contributed by atoms with van der Waals surface area (Å²) in [6.45, 7) is 2.57. The first-order valence-corrected chi connectivity index (χ1v) is 9.82. The number of rotatable bonds is 4. The van der Waals surface area contributed by atoms with E-state index in [9.17, 15) is 4.79 Å². The van der Waals surface area contributed by atoms with Crippen LogP contribution in [0.1, 0.15) is 27.7 Å². The second kappa shape index (κ2) is 7.73. The van der Waals surface area contributed by atoms with Crippen molar-refractivity contribution in [1.29, 1.82) is 0 Å². The molecule has 0 spiro atoms. The first-order valence-electron chi connectivity index (χ1n) is 8.63. The van der Waals surface area contributed by atoms with Crippen LogP contribution in [0, 0.1) is 6.92 Å². The fourth-order valence-electron chi connectivity index (χ4n) is 3.08. The Morgan fingerprint density at radius 2 is 2.11 bits per heavy atom. The molecule has 0 N–H and O–H groups in total. The van der Waals surface area contributed by atoms with E-state index in [4.69, 9.17) is 21.3 Å². The Morgan fingerprint density at radius 1 is 1.29 bits per heavy atom. The normalized spacial score (nSPS) is 12.6. The van der Waals surface area contributed by atoms with Crippen LogP contribution in [0.15, 0.2) is 35.3 Å². The molecule has 0 aliphatic carbocycles. The zero-order chi connectivity index (χ0) is 19.7. The summed E-state index contributed by atoms with van der Waals surface area (Å²) in [4.78, 5) is 17.0. The number of benzene rings is 1. The number of hydrogen-bond acceptors (Lipinski definition) is 7. The fraction of sp³-hybridized carbons (Fsp3) is 0.263. The molecule has 4 rings (SSSR count). The van der Waals surface area contributed by atoms with Gasteiger partial charge in [0.1, 0.15) is 17.4 Å². The molecule has 0 unspecified atom stereocenters. The molecule has 0 atom stereocenters. The highest BCUT2D eigenvalue weighted by molar-refractivity contribution is 7.15. The van der Waals surface area contributed by atoms with Crippen molar-refractivity contribution in [2.45, 2.75) is 19.9 Å². The van der Waals surface area contributed by atoms with Crippen molar-refractivity contribution in [3.63, 3.8) is 0 Å². The SMILES string of the molecule is COC(=O)OCCc1cc2c(s1)-n1c(C)nnc1CN=C2c1ccccc1Cl. The Labute approximate surface area is 170 Å². The summed E-state index contributed by atoms with van der Waals surface area (Å²) in [5.41, 5.74) is 2.66. The molecule has 2 aromatic heterocycles. The molecule has 144 valence electrons. The Morgan fingerprint density at radius 3 is 2.89 bits per heavy atom. The summed E-state index contributed by atoms with van der Waals surface area (Å²) in [5, 5.41) is 10.1. The van der Waals surface area contributed by atoms with Gasteiger partial charge in [0.2, 0.25) is 0 Å². The number of fused-ring (bicyclic) bond motifs is 3. The predicted octanol–water partition coefficient (Wildman–Crippen LogP) is 3.97. The van der Waals surface area contributed by atoms with Gasteiger partial charge >= 0.3 is 6.16 Å². The van der Waals surface area contributed by atoms with Gasteiger partial charge in [-0.3, -0.25) is 9.56 Å². The number of aliphatic imine (C=N–C) groups is 1. The number of carbonyl (C=O) groups excluding carboxylic acids is 1. The maximum absolute atomic E-state index is 11.2. The number of carbonyl (C=O) groups is 1. The number of hydrogen-bond donors (Lipinski definition) is 0. The average Bonchev–Trinajstić information content (AvgIpc) is 3.22. The summed E-state index contributed by atoms with van der Waals surface area (Å²) < 4.78 is 11.6. The molecule has 3 heterocycles. The molecular formula is C19H17ClN4O3S. The van der Waals surface area contributed by atoms with Gasteiger partial charge in [0.25, 0.3) is 0 Å². The maximum Gasteiger partial charge on any atom is 0.507 e. The molecule has 3 aromatic rings. The molecule has 1 aliphatic heterocycles. The summed E-state index contributed by atoms with van der Waals surface area (Å²) in [7, 11) is 1.29. The lowest BCUT2D eigenvalue weighted by molar-refractivity contribution is 0.0738. The molecule has 0 fully saturated rings. The van der Waals surface area contributed by atoms with Crippen molar-refractivity contribution in [3.8, 4) is 5.00 Å². The molecule has 1 aliphatic rings. The smallest absolute Gasteiger partial charge is 0.438 e. The fourth-order valence-corrected chi connectivity index (χ4v) is 4.51. The van der Waals surface area contributed by atoms with E-state index < -0.39 is 6.16 Å². The van der Waals surface area contributed by atoms with E-state index in [-0.39, 0.29) is 6.61 Å². The molecule has 0 saturated heterocycles. The van der Waals surface area contributed by atoms with Crippen LogP contribution in [0.2, 0.25) is 5.02 Å². The van der Waals surface area contributed by atoms with Crippen molar-refractivity contribution in [1.82, 2.24) is 14.8 Å². The lowest BCUT2D eigenvalue weighted by Gasteiger charge is -2.08. The van der Waals surface area contributed by atoms with Gasteiger partial charge in [-0.25, -0.2) is 4.79 Å². The van der Waals surface area contributed by atoms with Crippen LogP contribution in [-0.4, -0.2) is 40.3 Å². The van der Waals surface area contributed by atoms with Crippen molar-refractivity contribution in [3.05, 3.63) is 63.0 Å². The van der Waals surface area contributed by atoms with Crippen LogP contribution in [0.25, 0.3) is 5.00 Å². The first-order chi connectivity index (χ1) is 13.6. The van der Waals surface area contributed by atoms with E-state index in [0.717, 1.165) is 38.4 Å². The molecule has 9 heteroatoms. The van der Waals surface area contributed by atoms with Gasteiger partial charge < -0.3 is 9.47 Å². The van der Waals surface area contributed by atoms with E-state index in [1.807, 2.05) is 35.8 Å². The predicted molar refractivity (Wildman–Crippen MR) is 107 cm³/mol. The van der Waals surface area contributed by atoms with Gasteiger partial charge in [0, 0.05) is 27.4 Å². The Hall–Kier alpha value is -2.71. The minimum atomic E-state index is -0.687. The molecule has 0 saturated carbocycles. The van der Waals surface area contributed by atoms with Crippen LogP contribution >= 0.6 is 22.9 Å². The third-order valence-electron chi connectivity index (χ3n) is 4.36. The minimum Gasteiger partial charge on any atom is -0.438 e. The van der Waals surface area contributed by atoms with E-state index in [0.29, 0.717) is 18.0 Å². The highest BCUT2D eigenvalue weighted by Gasteiger charge is 2.25. The Balaban J connectivity index is 1.76. The van der Waals surface area contributed by atoms with Crippen LogP contribution in [0.5, 0.6) is 0 Å². The molecule has 0 bridgehead atoms. The zero-order valence-corrected chi connectivity index (χ0v) is 16.9. The van der Waals surface area contributed by atoms with E-state index in [2.05, 4.69) is 21.0 Å². The summed E-state index contributed by atoms with van der Waals surface area (Å²) >= 11 is 8.05. The lowest BCUT2D eigenvalue weighted by Crippen LogP contribution is -2.07. The van der Waals surface area contributed by atoms with Crippen molar-refractivity contribution < 1.29 is 14.3 Å². The number of halogens is 1. The third-order valence-corrected chi connectivity index (χ3v) is 5.87. The average molecular weight is 417 g/mol. The Bertz CT molecular complexity index is 1070. The number of nitrogens with zero attached hydrogens (tertiary/aromatic N) is 4. The van der Waals surface area contributed by atoms with Gasteiger partial charge in [0.15, 0.2) is 5.82 Å². The standard InChI is InChI=1S/C19H17ClN4O3S/c1-11-22-23-16-10-21-17(13-5-3-4-6-15(13)20)14-9-12(28-18(14)24(11)16)7-8-27-19(25)26-2/h3-6,9H,7-8,10H2,1-2H3. The first kappa shape index (κ1) is 18.6. The van der Waals surface area contributed by atoms with Crippen LogP contribution in [-0.2, 0) is 22.4 Å². The van der Waals surface area contributed by atoms with Crippen LogP contribution in [0.3, 0.4) is 0 Å². The summed E-state index contributed by atoms with van der Waals surface area (Å²) in [6, 6.07) is 9.72. The van der Waals surface area contributed by atoms with Gasteiger partial charge in [-0.05, 0) is 19.1 Å². The Kier molecular flexibility index (Phi) is 5.15. The van der Waals surface area contributed by atoms with E-state index in [1.54, 1.807) is 11.3 Å². The van der Waals surface area contributed by atoms with Gasteiger partial charge in [-0.15, -0.1) is 21.5 Å². The zero-order valence-electron chi connectivity index (χ0n) is 15.3. The van der Waals surface area contributed by atoms with Crippen LogP contribution < -0.4 is 0 Å². The van der Waals surface area contributed by atoms with Gasteiger partial charge in [-0.1, -0.05) is 29.8 Å². The second-order valence-electron chi connectivity index (χ2n) is 6.13. The molecule has 0 radical (unpaired) electrons. The maximum atomic E-state index is 11.2. The minimum absolute atomic E-state index is 0.235. The van der Waals surface area contributed by atoms with Crippen molar-refractivity contribution in [2.75, 3.05) is 13.7 Å². The molecular weight excluding hydrogens is 400 g/mol. The summed E-state index contributed by atoms with van der Waals surface area (Å²) in [6.07, 6.45) is -0.118. The number of thiophene rings is 1. The topological polar surface area (TPSA) is 78.6 Å². The largest absolute Gasteiger partial charge is 0.507 e. The molecule has 0 amide bonds. The molecule has 7 nitrogen and oxygen atoms in total. The lowest BCUT2D eigenvalue weighted by atomic mass is 10.0. The monoisotopic (exact) mass is 416 g/mol.